The molecule has 3 rings (SSSR count). The monoisotopic (exact) mass is 285 g/mol. The number of nitrogens with zero attached hydrogens (tertiary/aromatic N) is 1. The van der Waals surface area contributed by atoms with Gasteiger partial charge < -0.3 is 0 Å². The summed E-state index contributed by atoms with van der Waals surface area (Å²) in [5, 5.41) is -0.146. The van der Waals surface area contributed by atoms with Crippen molar-refractivity contribution in [2.75, 3.05) is 6.54 Å². The Morgan fingerprint density at radius 1 is 0.947 bits per heavy atom. The fourth-order valence-electron chi connectivity index (χ4n) is 3.62. The summed E-state index contributed by atoms with van der Waals surface area (Å²) in [6.45, 7) is 0.632. The summed E-state index contributed by atoms with van der Waals surface area (Å²) in [4.78, 5) is 12.1. The molecule has 0 amide bonds. The highest BCUT2D eigenvalue weighted by Crippen LogP contribution is 2.38. The van der Waals surface area contributed by atoms with Crippen molar-refractivity contribution in [3.8, 4) is 0 Å². The van der Waals surface area contributed by atoms with Crippen LogP contribution in [0, 0.1) is 5.92 Å². The molecule has 2 atom stereocenters. The van der Waals surface area contributed by atoms with Gasteiger partial charge in [0.15, 0.2) is 0 Å². The van der Waals surface area contributed by atoms with E-state index in [4.69, 9.17) is 0 Å². The SMILES string of the molecule is O=C1CCCCC1C1CCCCN1S(=O)(=O)C1CC1. The number of carbonyl (C=O) groups excluding carboxylic acids is 1. The number of rotatable bonds is 3. The molecular formula is C14H23NO3S. The van der Waals surface area contributed by atoms with E-state index in [0.29, 0.717) is 18.7 Å². The maximum absolute atomic E-state index is 12.5. The molecule has 0 aromatic heterocycles. The van der Waals surface area contributed by atoms with E-state index in [-0.39, 0.29) is 17.2 Å². The third-order valence-corrected chi connectivity index (χ3v) is 7.26. The minimum atomic E-state index is -3.13. The maximum Gasteiger partial charge on any atom is 0.217 e. The van der Waals surface area contributed by atoms with Gasteiger partial charge in [-0.3, -0.25) is 4.79 Å². The lowest BCUT2D eigenvalue weighted by Crippen LogP contribution is -2.51. The molecule has 0 aromatic rings. The van der Waals surface area contributed by atoms with Gasteiger partial charge in [0.1, 0.15) is 5.78 Å². The molecule has 2 aliphatic carbocycles. The minimum Gasteiger partial charge on any atom is -0.299 e. The van der Waals surface area contributed by atoms with Gasteiger partial charge in [-0.15, -0.1) is 0 Å². The van der Waals surface area contributed by atoms with Crippen LogP contribution in [0.4, 0.5) is 0 Å². The predicted molar refractivity (Wildman–Crippen MR) is 73.3 cm³/mol. The molecule has 0 N–H and O–H groups in total. The van der Waals surface area contributed by atoms with Crippen LogP contribution in [0.15, 0.2) is 0 Å². The number of hydrogen-bond acceptors (Lipinski definition) is 3. The average Bonchev–Trinajstić information content (AvgIpc) is 3.24. The summed E-state index contributed by atoms with van der Waals surface area (Å²) >= 11 is 0. The highest BCUT2D eigenvalue weighted by molar-refractivity contribution is 7.90. The van der Waals surface area contributed by atoms with Gasteiger partial charge in [-0.05, 0) is 38.5 Å². The van der Waals surface area contributed by atoms with Crippen LogP contribution < -0.4 is 0 Å². The molecular weight excluding hydrogens is 262 g/mol. The largest absolute Gasteiger partial charge is 0.299 e. The molecule has 1 aliphatic heterocycles. The van der Waals surface area contributed by atoms with Crippen LogP contribution in [0.2, 0.25) is 0 Å². The average molecular weight is 285 g/mol. The fourth-order valence-corrected chi connectivity index (χ4v) is 5.75. The van der Waals surface area contributed by atoms with Crippen molar-refractivity contribution in [2.24, 2.45) is 5.92 Å². The van der Waals surface area contributed by atoms with Crippen molar-refractivity contribution in [3.63, 3.8) is 0 Å². The van der Waals surface area contributed by atoms with Crippen molar-refractivity contribution in [1.82, 2.24) is 4.31 Å². The molecule has 0 bridgehead atoms. The quantitative estimate of drug-likeness (QED) is 0.798. The first kappa shape index (κ1) is 13.6. The summed E-state index contributed by atoms with van der Waals surface area (Å²) in [6.07, 6.45) is 8.10. The van der Waals surface area contributed by atoms with Crippen molar-refractivity contribution in [2.45, 2.75) is 69.1 Å². The Bertz CT molecular complexity index is 455. The second kappa shape index (κ2) is 5.17. The van der Waals surface area contributed by atoms with Crippen LogP contribution in [0.3, 0.4) is 0 Å². The molecule has 1 saturated heterocycles. The Labute approximate surface area is 115 Å². The van der Waals surface area contributed by atoms with Gasteiger partial charge in [0.05, 0.1) is 5.25 Å². The van der Waals surface area contributed by atoms with Gasteiger partial charge >= 0.3 is 0 Å². The van der Waals surface area contributed by atoms with E-state index in [0.717, 1.165) is 51.4 Å². The van der Waals surface area contributed by atoms with Gasteiger partial charge in [0.25, 0.3) is 0 Å². The molecule has 0 aromatic carbocycles. The first-order chi connectivity index (χ1) is 9.10. The number of carbonyl (C=O) groups is 1. The van der Waals surface area contributed by atoms with Crippen molar-refractivity contribution < 1.29 is 13.2 Å². The van der Waals surface area contributed by atoms with Crippen LogP contribution >= 0.6 is 0 Å². The summed E-state index contributed by atoms with van der Waals surface area (Å²) in [5.74, 6) is 0.275. The van der Waals surface area contributed by atoms with Crippen LogP contribution in [-0.4, -0.2) is 36.3 Å². The Morgan fingerprint density at radius 2 is 1.68 bits per heavy atom. The lowest BCUT2D eigenvalue weighted by molar-refractivity contribution is -0.126. The Hall–Kier alpha value is -0.420. The molecule has 1 heterocycles. The van der Waals surface area contributed by atoms with E-state index in [1.54, 1.807) is 4.31 Å². The fraction of sp³-hybridized carbons (Fsp3) is 0.929. The first-order valence-corrected chi connectivity index (χ1v) is 9.14. The lowest BCUT2D eigenvalue weighted by atomic mass is 9.80. The van der Waals surface area contributed by atoms with Crippen molar-refractivity contribution in [1.29, 1.82) is 0 Å². The van der Waals surface area contributed by atoms with Crippen LogP contribution in [0.25, 0.3) is 0 Å². The second-order valence-electron chi connectivity index (χ2n) is 6.24. The van der Waals surface area contributed by atoms with E-state index in [1.165, 1.54) is 0 Å². The summed E-state index contributed by atoms with van der Waals surface area (Å²) in [5.41, 5.74) is 0. The second-order valence-corrected chi connectivity index (χ2v) is 8.40. The molecule has 3 fully saturated rings. The third-order valence-electron chi connectivity index (χ3n) is 4.84. The smallest absolute Gasteiger partial charge is 0.217 e. The zero-order chi connectivity index (χ0) is 13.5. The first-order valence-electron chi connectivity index (χ1n) is 7.64. The standard InChI is InChI=1S/C14H23NO3S/c16-14-7-2-1-5-12(14)13-6-3-4-10-15(13)19(17,18)11-8-9-11/h11-13H,1-10H2. The van der Waals surface area contributed by atoms with Crippen LogP contribution in [0.1, 0.15) is 57.8 Å². The Morgan fingerprint density at radius 3 is 2.37 bits per heavy atom. The number of piperidine rings is 1. The van der Waals surface area contributed by atoms with Crippen molar-refractivity contribution in [3.05, 3.63) is 0 Å². The number of Topliss-reactive ketones (excluding diaryl/α,β-unsaturated/α-hetero) is 1. The summed E-state index contributed by atoms with van der Waals surface area (Å²) in [6, 6.07) is -0.0350. The van der Waals surface area contributed by atoms with Gasteiger partial charge in [0, 0.05) is 24.9 Å². The number of hydrogen-bond donors (Lipinski definition) is 0. The molecule has 0 radical (unpaired) electrons. The highest BCUT2D eigenvalue weighted by atomic mass is 32.2. The van der Waals surface area contributed by atoms with Gasteiger partial charge in [-0.25, -0.2) is 8.42 Å². The van der Waals surface area contributed by atoms with Crippen LogP contribution in [0.5, 0.6) is 0 Å². The normalized spacial score (nSPS) is 34.4. The molecule has 5 heteroatoms. The molecule has 3 aliphatic rings. The highest BCUT2D eigenvalue weighted by Gasteiger charge is 2.46. The summed E-state index contributed by atoms with van der Waals surface area (Å²) < 4.78 is 26.8. The molecule has 4 nitrogen and oxygen atoms in total. The van der Waals surface area contributed by atoms with E-state index < -0.39 is 10.0 Å². The van der Waals surface area contributed by atoms with Crippen LogP contribution in [-0.2, 0) is 14.8 Å². The topological polar surface area (TPSA) is 54.5 Å². The minimum absolute atomic E-state index is 0.0254. The van der Waals surface area contributed by atoms with E-state index in [2.05, 4.69) is 0 Å². The Kier molecular flexibility index (Phi) is 3.69. The zero-order valence-electron chi connectivity index (χ0n) is 11.4. The van der Waals surface area contributed by atoms with Gasteiger partial charge in [-0.1, -0.05) is 12.8 Å². The number of sulfonamides is 1. The van der Waals surface area contributed by atoms with E-state index in [9.17, 15) is 13.2 Å². The molecule has 2 unspecified atom stereocenters. The molecule has 19 heavy (non-hydrogen) atoms. The molecule has 2 saturated carbocycles. The Balaban J connectivity index is 1.82. The zero-order valence-corrected chi connectivity index (χ0v) is 12.2. The van der Waals surface area contributed by atoms with Gasteiger partial charge in [-0.2, -0.15) is 4.31 Å². The summed E-state index contributed by atoms with van der Waals surface area (Å²) in [7, 11) is -3.13. The predicted octanol–water partition coefficient (Wildman–Crippen LogP) is 2.09. The van der Waals surface area contributed by atoms with E-state index in [1.807, 2.05) is 0 Å². The van der Waals surface area contributed by atoms with Crippen molar-refractivity contribution >= 4 is 15.8 Å². The maximum atomic E-state index is 12.5. The molecule has 0 spiro atoms. The van der Waals surface area contributed by atoms with Gasteiger partial charge in [0.2, 0.25) is 10.0 Å². The third kappa shape index (κ3) is 2.59. The number of ketones is 1. The molecule has 108 valence electrons. The van der Waals surface area contributed by atoms with E-state index >= 15 is 0 Å². The lowest BCUT2D eigenvalue weighted by Gasteiger charge is -2.40.